The summed E-state index contributed by atoms with van der Waals surface area (Å²) in [4.78, 5) is 14.7. The first-order valence-corrected chi connectivity index (χ1v) is 7.16. The standard InChI is InChI=1S/C13H18N6S/c1-9-6-4-5-7-10(9)8-20-13-16-11(18-14)15-12(17-13)19(2)3/h4-7H,8,14H2,1-3H3,(H,15,16,17,18). The van der Waals surface area contributed by atoms with Crippen molar-refractivity contribution >= 4 is 23.7 Å². The van der Waals surface area contributed by atoms with Crippen LogP contribution in [0.1, 0.15) is 11.1 Å². The van der Waals surface area contributed by atoms with Gasteiger partial charge in [-0.2, -0.15) is 15.0 Å². The molecule has 1 aromatic heterocycles. The molecule has 106 valence electrons. The number of aromatic nitrogens is 3. The minimum atomic E-state index is 0.371. The summed E-state index contributed by atoms with van der Waals surface area (Å²) in [6.07, 6.45) is 0. The van der Waals surface area contributed by atoms with E-state index >= 15 is 0 Å². The van der Waals surface area contributed by atoms with Crippen molar-refractivity contribution in [1.82, 2.24) is 15.0 Å². The number of nitrogens with two attached hydrogens (primary N) is 1. The maximum absolute atomic E-state index is 5.39. The Kier molecular flexibility index (Phi) is 4.75. The highest BCUT2D eigenvalue weighted by Crippen LogP contribution is 2.23. The number of nitrogens with one attached hydrogen (secondary N) is 1. The van der Waals surface area contributed by atoms with Gasteiger partial charge in [0.25, 0.3) is 0 Å². The summed E-state index contributed by atoms with van der Waals surface area (Å²) in [7, 11) is 3.76. The largest absolute Gasteiger partial charge is 0.347 e. The Morgan fingerprint density at radius 3 is 2.60 bits per heavy atom. The van der Waals surface area contributed by atoms with Crippen LogP contribution in [0.15, 0.2) is 29.4 Å². The summed E-state index contributed by atoms with van der Waals surface area (Å²) < 4.78 is 0. The first kappa shape index (κ1) is 14.5. The molecule has 1 aromatic carbocycles. The van der Waals surface area contributed by atoms with Crippen molar-refractivity contribution < 1.29 is 0 Å². The van der Waals surface area contributed by atoms with Gasteiger partial charge in [0.05, 0.1) is 0 Å². The third-order valence-corrected chi connectivity index (χ3v) is 3.65. The highest BCUT2D eigenvalue weighted by molar-refractivity contribution is 7.98. The van der Waals surface area contributed by atoms with Crippen molar-refractivity contribution in [3.05, 3.63) is 35.4 Å². The van der Waals surface area contributed by atoms with Crippen molar-refractivity contribution in [2.24, 2.45) is 5.84 Å². The van der Waals surface area contributed by atoms with E-state index in [-0.39, 0.29) is 0 Å². The molecule has 0 saturated carbocycles. The van der Waals surface area contributed by atoms with E-state index in [1.165, 1.54) is 11.1 Å². The first-order valence-electron chi connectivity index (χ1n) is 6.17. The monoisotopic (exact) mass is 290 g/mol. The van der Waals surface area contributed by atoms with E-state index in [1.807, 2.05) is 31.1 Å². The molecule has 0 bridgehead atoms. The molecule has 7 heteroatoms. The number of anilines is 2. The zero-order valence-corrected chi connectivity index (χ0v) is 12.6. The van der Waals surface area contributed by atoms with Gasteiger partial charge in [0, 0.05) is 19.8 Å². The fourth-order valence-corrected chi connectivity index (χ4v) is 2.50. The van der Waals surface area contributed by atoms with Gasteiger partial charge in [0.2, 0.25) is 11.9 Å². The second-order valence-corrected chi connectivity index (χ2v) is 5.44. The van der Waals surface area contributed by atoms with Crippen molar-refractivity contribution in [2.75, 3.05) is 24.4 Å². The molecule has 2 rings (SSSR count). The van der Waals surface area contributed by atoms with Crippen LogP contribution in [0.25, 0.3) is 0 Å². The van der Waals surface area contributed by atoms with E-state index < -0.39 is 0 Å². The maximum atomic E-state index is 5.39. The molecule has 0 saturated heterocycles. The third kappa shape index (κ3) is 3.58. The normalized spacial score (nSPS) is 10.4. The molecule has 6 nitrogen and oxygen atoms in total. The lowest BCUT2D eigenvalue weighted by molar-refractivity contribution is 0.865. The lowest BCUT2D eigenvalue weighted by atomic mass is 10.1. The second-order valence-electron chi connectivity index (χ2n) is 4.50. The van der Waals surface area contributed by atoms with Crippen LogP contribution in [0.3, 0.4) is 0 Å². The van der Waals surface area contributed by atoms with Gasteiger partial charge in [-0.05, 0) is 18.1 Å². The number of thioether (sulfide) groups is 1. The molecule has 0 radical (unpaired) electrons. The molecule has 0 aliphatic carbocycles. The fraction of sp³-hybridized carbons (Fsp3) is 0.308. The number of rotatable bonds is 5. The Morgan fingerprint density at radius 2 is 1.95 bits per heavy atom. The Balaban J connectivity index is 2.17. The molecule has 2 aromatic rings. The van der Waals surface area contributed by atoms with Gasteiger partial charge in [-0.1, -0.05) is 36.0 Å². The number of hydrazine groups is 1. The molecule has 20 heavy (non-hydrogen) atoms. The van der Waals surface area contributed by atoms with Crippen LogP contribution in [-0.4, -0.2) is 29.0 Å². The summed E-state index contributed by atoms with van der Waals surface area (Å²) in [5.74, 6) is 7.16. The van der Waals surface area contributed by atoms with E-state index in [9.17, 15) is 0 Å². The fourth-order valence-electron chi connectivity index (χ4n) is 1.59. The van der Waals surface area contributed by atoms with E-state index in [0.29, 0.717) is 17.1 Å². The van der Waals surface area contributed by atoms with Crippen LogP contribution in [0.4, 0.5) is 11.9 Å². The summed E-state index contributed by atoms with van der Waals surface area (Å²) in [6.45, 7) is 2.10. The topological polar surface area (TPSA) is 80.0 Å². The smallest absolute Gasteiger partial charge is 0.242 e. The molecule has 1 heterocycles. The zero-order chi connectivity index (χ0) is 14.5. The summed E-state index contributed by atoms with van der Waals surface area (Å²) in [6, 6.07) is 8.28. The predicted molar refractivity (Wildman–Crippen MR) is 82.7 cm³/mol. The molecule has 0 aliphatic rings. The zero-order valence-electron chi connectivity index (χ0n) is 11.8. The third-order valence-electron chi connectivity index (χ3n) is 2.75. The van der Waals surface area contributed by atoms with Crippen molar-refractivity contribution in [3.8, 4) is 0 Å². The van der Waals surface area contributed by atoms with Gasteiger partial charge < -0.3 is 4.90 Å². The Hall–Kier alpha value is -1.86. The maximum Gasteiger partial charge on any atom is 0.242 e. The number of nitrogens with zero attached hydrogens (tertiary/aromatic N) is 4. The molecular formula is C13H18N6S. The molecule has 0 unspecified atom stereocenters. The molecule has 0 atom stereocenters. The number of nitrogen functional groups attached to an aromatic ring is 1. The van der Waals surface area contributed by atoms with Gasteiger partial charge in [0.1, 0.15) is 0 Å². The van der Waals surface area contributed by atoms with Crippen LogP contribution in [0.5, 0.6) is 0 Å². The minimum Gasteiger partial charge on any atom is -0.347 e. The van der Waals surface area contributed by atoms with Crippen molar-refractivity contribution in [3.63, 3.8) is 0 Å². The van der Waals surface area contributed by atoms with Crippen molar-refractivity contribution in [2.45, 2.75) is 17.8 Å². The van der Waals surface area contributed by atoms with E-state index in [1.54, 1.807) is 11.8 Å². The van der Waals surface area contributed by atoms with Gasteiger partial charge in [-0.15, -0.1) is 0 Å². The van der Waals surface area contributed by atoms with Gasteiger partial charge in [0.15, 0.2) is 5.16 Å². The van der Waals surface area contributed by atoms with Gasteiger partial charge in [-0.3, -0.25) is 5.43 Å². The average Bonchev–Trinajstić information content (AvgIpc) is 2.46. The van der Waals surface area contributed by atoms with Crippen molar-refractivity contribution in [1.29, 1.82) is 0 Å². The van der Waals surface area contributed by atoms with Gasteiger partial charge in [-0.25, -0.2) is 5.84 Å². The molecular weight excluding hydrogens is 272 g/mol. The highest BCUT2D eigenvalue weighted by Gasteiger charge is 2.08. The molecule has 0 fully saturated rings. The van der Waals surface area contributed by atoms with E-state index in [2.05, 4.69) is 39.4 Å². The molecule has 0 aliphatic heterocycles. The SMILES string of the molecule is Cc1ccccc1CSc1nc(NN)nc(N(C)C)n1. The van der Waals surface area contributed by atoms with Crippen LogP contribution in [0, 0.1) is 6.92 Å². The first-order chi connectivity index (χ1) is 9.60. The predicted octanol–water partition coefficient (Wildman–Crippen LogP) is 1.82. The lowest BCUT2D eigenvalue weighted by Crippen LogP contribution is -2.17. The van der Waals surface area contributed by atoms with Crippen LogP contribution in [0.2, 0.25) is 0 Å². The minimum absolute atomic E-state index is 0.371. The Bertz CT molecular complexity index is 587. The van der Waals surface area contributed by atoms with Crippen LogP contribution < -0.4 is 16.2 Å². The lowest BCUT2D eigenvalue weighted by Gasteiger charge is -2.12. The average molecular weight is 290 g/mol. The van der Waals surface area contributed by atoms with E-state index in [0.717, 1.165) is 5.75 Å². The summed E-state index contributed by atoms with van der Waals surface area (Å²) in [5.41, 5.74) is 5.00. The Labute approximate surface area is 122 Å². The molecule has 3 N–H and O–H groups in total. The Morgan fingerprint density at radius 1 is 1.20 bits per heavy atom. The summed E-state index contributed by atoms with van der Waals surface area (Å²) >= 11 is 1.56. The van der Waals surface area contributed by atoms with Crippen LogP contribution in [-0.2, 0) is 5.75 Å². The van der Waals surface area contributed by atoms with Gasteiger partial charge >= 0.3 is 0 Å². The highest BCUT2D eigenvalue weighted by atomic mass is 32.2. The van der Waals surface area contributed by atoms with Crippen LogP contribution >= 0.6 is 11.8 Å². The number of aryl methyl sites for hydroxylation is 1. The number of hydrogen-bond acceptors (Lipinski definition) is 7. The second kappa shape index (κ2) is 6.53. The molecule has 0 amide bonds. The number of hydrogen-bond donors (Lipinski definition) is 2. The molecule has 0 spiro atoms. The van der Waals surface area contributed by atoms with E-state index in [4.69, 9.17) is 5.84 Å². The summed E-state index contributed by atoms with van der Waals surface area (Å²) in [5, 5.41) is 0.653. The number of benzene rings is 1. The quantitative estimate of drug-likeness (QED) is 0.494.